The lowest BCUT2D eigenvalue weighted by Gasteiger charge is -2.35. The Balaban J connectivity index is 1.66. The van der Waals surface area contributed by atoms with Gasteiger partial charge in [0.1, 0.15) is 0 Å². The highest BCUT2D eigenvalue weighted by Crippen LogP contribution is 2.34. The molecule has 5 rings (SSSR count). The van der Waals surface area contributed by atoms with Crippen LogP contribution in [0.1, 0.15) is 30.5 Å². The zero-order valence-electron chi connectivity index (χ0n) is 17.7. The summed E-state index contributed by atoms with van der Waals surface area (Å²) >= 11 is 0. The molecular weight excluding hydrogens is 430 g/mol. The van der Waals surface area contributed by atoms with Crippen molar-refractivity contribution in [2.24, 2.45) is 5.92 Å². The molecule has 4 heterocycles. The fourth-order valence-electron chi connectivity index (χ4n) is 4.45. The highest BCUT2D eigenvalue weighted by molar-refractivity contribution is 7.90. The maximum Gasteiger partial charge on any atom is 0.407 e. The third kappa shape index (κ3) is 3.13. The van der Waals surface area contributed by atoms with Crippen molar-refractivity contribution < 1.29 is 18.3 Å². The summed E-state index contributed by atoms with van der Waals surface area (Å²) in [5.41, 5.74) is 3.34. The first-order chi connectivity index (χ1) is 15.3. The van der Waals surface area contributed by atoms with E-state index in [2.05, 4.69) is 16.9 Å². The van der Waals surface area contributed by atoms with Crippen LogP contribution >= 0.6 is 0 Å². The molecular formula is C22H23N5O4S. The van der Waals surface area contributed by atoms with Crippen LogP contribution in [-0.4, -0.2) is 55.9 Å². The zero-order valence-corrected chi connectivity index (χ0v) is 18.5. The fourth-order valence-corrected chi connectivity index (χ4v) is 5.75. The van der Waals surface area contributed by atoms with Gasteiger partial charge in [0, 0.05) is 37.1 Å². The average molecular weight is 454 g/mol. The first-order valence-electron chi connectivity index (χ1n) is 10.4. The second-order valence-corrected chi connectivity index (χ2v) is 10.2. The summed E-state index contributed by atoms with van der Waals surface area (Å²) in [6, 6.07) is 8.41. The van der Waals surface area contributed by atoms with Gasteiger partial charge in [0.25, 0.3) is 10.0 Å². The standard InChI is InChI=1S/C22H23N5O4S/c1-14-3-5-16(6-4-14)32(30,31)26-10-8-18-21(26)24-12-20-23-11-19(27(18)20)17-13-25(22(28)29)9-7-15(17)2/h3-6,8,10-12,15,17H,7,9,13H2,1-2H3,(H,28,29). The molecule has 166 valence electrons. The number of hydrogen-bond donors (Lipinski definition) is 1. The van der Waals surface area contributed by atoms with Gasteiger partial charge >= 0.3 is 6.09 Å². The second kappa shape index (κ2) is 7.33. The summed E-state index contributed by atoms with van der Waals surface area (Å²) in [5, 5.41) is 9.47. The number of piperidine rings is 1. The number of rotatable bonds is 3. The SMILES string of the molecule is Cc1ccc(S(=O)(=O)n2ccc3c2ncc2ncc(C4CN(C(=O)O)CCC4C)n23)cc1. The highest BCUT2D eigenvalue weighted by Gasteiger charge is 2.32. The van der Waals surface area contributed by atoms with Crippen molar-refractivity contribution in [2.75, 3.05) is 13.1 Å². The number of carboxylic acid groups (broad SMARTS) is 1. The molecule has 32 heavy (non-hydrogen) atoms. The van der Waals surface area contributed by atoms with Gasteiger partial charge < -0.3 is 10.0 Å². The normalized spacial score (nSPS) is 19.6. The van der Waals surface area contributed by atoms with Gasteiger partial charge in [0.05, 0.1) is 16.6 Å². The van der Waals surface area contributed by atoms with Gasteiger partial charge in [-0.05, 0) is 37.5 Å². The Kier molecular flexibility index (Phi) is 4.70. The highest BCUT2D eigenvalue weighted by atomic mass is 32.2. The van der Waals surface area contributed by atoms with Crippen molar-refractivity contribution in [1.82, 2.24) is 23.2 Å². The van der Waals surface area contributed by atoms with E-state index in [9.17, 15) is 18.3 Å². The molecule has 1 amide bonds. The van der Waals surface area contributed by atoms with Crippen LogP contribution in [-0.2, 0) is 10.0 Å². The molecule has 0 spiro atoms. The number of benzene rings is 1. The number of nitrogens with zero attached hydrogens (tertiary/aromatic N) is 5. The van der Waals surface area contributed by atoms with E-state index in [4.69, 9.17) is 0 Å². The molecule has 0 radical (unpaired) electrons. The van der Waals surface area contributed by atoms with Crippen LogP contribution in [0.5, 0.6) is 0 Å². The summed E-state index contributed by atoms with van der Waals surface area (Å²) < 4.78 is 29.6. The average Bonchev–Trinajstić information content (AvgIpc) is 3.38. The first-order valence-corrected chi connectivity index (χ1v) is 11.8. The quantitative estimate of drug-likeness (QED) is 0.510. The van der Waals surface area contributed by atoms with Gasteiger partial charge in [-0.1, -0.05) is 24.6 Å². The maximum absolute atomic E-state index is 13.3. The van der Waals surface area contributed by atoms with Gasteiger partial charge in [-0.25, -0.2) is 27.2 Å². The Hall–Kier alpha value is -3.40. The summed E-state index contributed by atoms with van der Waals surface area (Å²) in [7, 11) is -3.82. The number of imidazole rings is 1. The van der Waals surface area contributed by atoms with E-state index in [1.807, 2.05) is 11.3 Å². The van der Waals surface area contributed by atoms with Crippen LogP contribution in [0.15, 0.2) is 53.8 Å². The molecule has 0 aliphatic carbocycles. The number of aryl methyl sites for hydroxylation is 1. The van der Waals surface area contributed by atoms with Crippen molar-refractivity contribution in [3.8, 4) is 0 Å². The topological polar surface area (TPSA) is 110 Å². The summed E-state index contributed by atoms with van der Waals surface area (Å²) in [5.74, 6) is 0.199. The third-order valence-electron chi connectivity index (χ3n) is 6.35. The van der Waals surface area contributed by atoms with Crippen molar-refractivity contribution in [3.63, 3.8) is 0 Å². The van der Waals surface area contributed by atoms with Gasteiger partial charge in [-0.2, -0.15) is 0 Å². The molecule has 9 nitrogen and oxygen atoms in total. The zero-order chi connectivity index (χ0) is 22.6. The molecule has 1 aliphatic heterocycles. The minimum atomic E-state index is -3.82. The summed E-state index contributed by atoms with van der Waals surface area (Å²) in [6.45, 7) is 4.88. The van der Waals surface area contributed by atoms with Crippen molar-refractivity contribution >= 4 is 32.9 Å². The molecule has 10 heteroatoms. The number of aromatic nitrogens is 4. The molecule has 1 aromatic carbocycles. The van der Waals surface area contributed by atoms with Crippen LogP contribution in [0.3, 0.4) is 0 Å². The monoisotopic (exact) mass is 453 g/mol. The van der Waals surface area contributed by atoms with Crippen LogP contribution < -0.4 is 0 Å². The van der Waals surface area contributed by atoms with Crippen molar-refractivity contribution in [3.05, 3.63) is 60.2 Å². The van der Waals surface area contributed by atoms with Gasteiger partial charge in [-0.15, -0.1) is 0 Å². The fraction of sp³-hybridized carbons (Fsp3) is 0.318. The van der Waals surface area contributed by atoms with Gasteiger partial charge in [0.15, 0.2) is 11.3 Å². The van der Waals surface area contributed by atoms with Crippen molar-refractivity contribution in [2.45, 2.75) is 31.1 Å². The van der Waals surface area contributed by atoms with Gasteiger partial charge in [0.2, 0.25) is 0 Å². The van der Waals surface area contributed by atoms with E-state index in [-0.39, 0.29) is 16.7 Å². The number of hydrogen-bond acceptors (Lipinski definition) is 5. The molecule has 1 fully saturated rings. The molecule has 1 aliphatic rings. The molecule has 3 aromatic heterocycles. The van der Waals surface area contributed by atoms with Crippen molar-refractivity contribution in [1.29, 1.82) is 0 Å². The molecule has 4 aromatic rings. The predicted molar refractivity (Wildman–Crippen MR) is 118 cm³/mol. The maximum atomic E-state index is 13.3. The van der Waals surface area contributed by atoms with Crippen LogP contribution in [0, 0.1) is 12.8 Å². The molecule has 1 N–H and O–H groups in total. The summed E-state index contributed by atoms with van der Waals surface area (Å²) in [6.07, 6.45) is 4.62. The lowest BCUT2D eigenvalue weighted by atomic mass is 9.85. The largest absolute Gasteiger partial charge is 0.465 e. The molecule has 0 saturated carbocycles. The lowest BCUT2D eigenvalue weighted by Crippen LogP contribution is -2.41. The van der Waals surface area contributed by atoms with E-state index in [1.165, 1.54) is 15.1 Å². The molecule has 2 unspecified atom stereocenters. The minimum Gasteiger partial charge on any atom is -0.465 e. The smallest absolute Gasteiger partial charge is 0.407 e. The minimum absolute atomic E-state index is 0.0579. The first kappa shape index (κ1) is 20.5. The number of carbonyl (C=O) groups is 1. The van der Waals surface area contributed by atoms with E-state index in [0.717, 1.165) is 17.7 Å². The molecule has 2 atom stereocenters. The Morgan fingerprint density at radius 1 is 1.12 bits per heavy atom. The van der Waals surface area contributed by atoms with E-state index in [1.54, 1.807) is 42.7 Å². The second-order valence-electron chi connectivity index (χ2n) is 8.37. The molecule has 0 bridgehead atoms. The van der Waals surface area contributed by atoms with Crippen LogP contribution in [0.25, 0.3) is 16.8 Å². The van der Waals surface area contributed by atoms with Crippen LogP contribution in [0.2, 0.25) is 0 Å². The van der Waals surface area contributed by atoms with E-state index >= 15 is 0 Å². The van der Waals surface area contributed by atoms with E-state index in [0.29, 0.717) is 29.9 Å². The Labute approximate surface area is 185 Å². The van der Waals surface area contributed by atoms with Crippen LogP contribution in [0.4, 0.5) is 4.79 Å². The third-order valence-corrected chi connectivity index (χ3v) is 8.03. The Morgan fingerprint density at radius 3 is 2.59 bits per heavy atom. The number of fused-ring (bicyclic) bond motifs is 3. The summed E-state index contributed by atoms with van der Waals surface area (Å²) in [4.78, 5) is 22.0. The van der Waals surface area contributed by atoms with Gasteiger partial charge in [-0.3, -0.25) is 4.40 Å². The lowest BCUT2D eigenvalue weighted by molar-refractivity contribution is 0.117. The Morgan fingerprint density at radius 2 is 1.88 bits per heavy atom. The number of amides is 1. The number of likely N-dealkylation sites (tertiary alicyclic amines) is 1. The molecule has 1 saturated heterocycles. The Bertz CT molecular complexity index is 1440. The van der Waals surface area contributed by atoms with E-state index < -0.39 is 16.1 Å². The predicted octanol–water partition coefficient (Wildman–Crippen LogP) is 3.33.